The Kier molecular flexibility index (Phi) is 4.46. The van der Waals surface area contributed by atoms with Gasteiger partial charge in [-0.15, -0.1) is 5.10 Å². The van der Waals surface area contributed by atoms with Crippen LogP contribution in [0.2, 0.25) is 0 Å². The zero-order chi connectivity index (χ0) is 18.3. The van der Waals surface area contributed by atoms with Crippen LogP contribution in [0.5, 0.6) is 0 Å². The molecule has 0 saturated carbocycles. The molecule has 0 fully saturated rings. The molecular weight excluding hydrogens is 410 g/mol. The summed E-state index contributed by atoms with van der Waals surface area (Å²) >= 11 is 4.77. The lowest BCUT2D eigenvalue weighted by Crippen LogP contribution is -2.23. The predicted molar refractivity (Wildman–Crippen MR) is 110 cm³/mol. The van der Waals surface area contributed by atoms with Gasteiger partial charge in [-0.3, -0.25) is 4.79 Å². The smallest absolute Gasteiger partial charge is 0.266 e. The van der Waals surface area contributed by atoms with Crippen LogP contribution in [0, 0.1) is 0 Å². The minimum absolute atomic E-state index is 0.131. The lowest BCUT2D eigenvalue weighted by Gasteiger charge is -2.04. The van der Waals surface area contributed by atoms with Crippen molar-refractivity contribution in [3.05, 3.63) is 79.0 Å². The van der Waals surface area contributed by atoms with Crippen LogP contribution in [0.15, 0.2) is 57.8 Å². The number of fused-ring (bicyclic) bond motifs is 1. The van der Waals surface area contributed by atoms with E-state index in [4.69, 9.17) is 0 Å². The Hall–Kier alpha value is -2.31. The van der Waals surface area contributed by atoms with E-state index in [1.807, 2.05) is 42.5 Å². The Balaban J connectivity index is 1.73. The first kappa shape index (κ1) is 17.1. The van der Waals surface area contributed by atoms with Crippen molar-refractivity contribution in [2.75, 3.05) is 0 Å². The van der Waals surface area contributed by atoms with Crippen LogP contribution in [0.3, 0.4) is 0 Å². The maximum absolute atomic E-state index is 12.6. The number of hydrogen-bond acceptors (Lipinski definition) is 4. The molecule has 0 spiro atoms. The molecule has 2 aromatic heterocycles. The van der Waals surface area contributed by atoms with Gasteiger partial charge in [-0.1, -0.05) is 77.5 Å². The molecule has 0 unspecified atom stereocenters. The van der Waals surface area contributed by atoms with E-state index in [0.29, 0.717) is 21.2 Å². The maximum atomic E-state index is 12.6. The fourth-order valence-electron chi connectivity index (χ4n) is 2.68. The maximum Gasteiger partial charge on any atom is 0.291 e. The highest BCUT2D eigenvalue weighted by molar-refractivity contribution is 9.10. The van der Waals surface area contributed by atoms with E-state index < -0.39 is 0 Å². The molecule has 0 aliphatic carbocycles. The van der Waals surface area contributed by atoms with Crippen LogP contribution in [-0.2, 0) is 0 Å². The monoisotopic (exact) mass is 425 g/mol. The Morgan fingerprint density at radius 3 is 2.38 bits per heavy atom. The van der Waals surface area contributed by atoms with E-state index >= 15 is 0 Å². The summed E-state index contributed by atoms with van der Waals surface area (Å²) < 4.78 is 3.02. The van der Waals surface area contributed by atoms with Crippen molar-refractivity contribution < 1.29 is 0 Å². The second-order valence-electron chi connectivity index (χ2n) is 6.37. The molecule has 0 radical (unpaired) electrons. The van der Waals surface area contributed by atoms with Crippen molar-refractivity contribution in [1.29, 1.82) is 0 Å². The SMILES string of the molecule is CC(C)c1ccc(C=c2sc3nc(-c4ccc(Br)cc4)nn3c2=O)cc1. The van der Waals surface area contributed by atoms with Gasteiger partial charge in [0.25, 0.3) is 5.56 Å². The van der Waals surface area contributed by atoms with Gasteiger partial charge < -0.3 is 0 Å². The fraction of sp³-hybridized carbons (Fsp3) is 0.150. The summed E-state index contributed by atoms with van der Waals surface area (Å²) in [5.74, 6) is 1.05. The third kappa shape index (κ3) is 3.22. The number of rotatable bonds is 3. The first-order chi connectivity index (χ1) is 12.5. The Morgan fingerprint density at radius 1 is 1.08 bits per heavy atom. The third-order valence-electron chi connectivity index (χ3n) is 4.19. The molecule has 0 saturated heterocycles. The zero-order valence-corrected chi connectivity index (χ0v) is 16.7. The highest BCUT2D eigenvalue weighted by atomic mass is 79.9. The molecule has 0 N–H and O–H groups in total. The van der Waals surface area contributed by atoms with Crippen LogP contribution < -0.4 is 10.1 Å². The summed E-state index contributed by atoms with van der Waals surface area (Å²) in [5.41, 5.74) is 3.04. The molecule has 0 atom stereocenters. The van der Waals surface area contributed by atoms with Gasteiger partial charge in [0.2, 0.25) is 4.96 Å². The van der Waals surface area contributed by atoms with Crippen molar-refractivity contribution >= 4 is 38.3 Å². The quantitative estimate of drug-likeness (QED) is 0.492. The van der Waals surface area contributed by atoms with Gasteiger partial charge in [0, 0.05) is 10.0 Å². The molecule has 0 aliphatic rings. The van der Waals surface area contributed by atoms with Gasteiger partial charge in [0.05, 0.1) is 4.53 Å². The number of nitrogens with zero attached hydrogens (tertiary/aromatic N) is 3. The summed E-state index contributed by atoms with van der Waals surface area (Å²) in [6.07, 6.45) is 1.90. The summed E-state index contributed by atoms with van der Waals surface area (Å²) in [4.78, 5) is 17.8. The van der Waals surface area contributed by atoms with Crippen molar-refractivity contribution in [1.82, 2.24) is 14.6 Å². The second kappa shape index (κ2) is 6.78. The van der Waals surface area contributed by atoms with Crippen molar-refractivity contribution in [3.63, 3.8) is 0 Å². The standard InChI is InChI=1S/C20H16BrN3OS/c1-12(2)14-5-3-13(4-6-14)11-17-19(25)24-20(26-17)22-18(23-24)15-7-9-16(21)10-8-15/h3-12H,1-2H3. The molecule has 130 valence electrons. The van der Waals surface area contributed by atoms with Crippen LogP contribution in [0.1, 0.15) is 30.9 Å². The molecule has 0 bridgehead atoms. The van der Waals surface area contributed by atoms with E-state index in [1.54, 1.807) is 0 Å². The summed E-state index contributed by atoms with van der Waals surface area (Å²) in [7, 11) is 0. The Labute approximate surface area is 163 Å². The molecule has 6 heteroatoms. The normalized spacial score (nSPS) is 12.4. The van der Waals surface area contributed by atoms with E-state index in [1.165, 1.54) is 21.4 Å². The molecule has 0 amide bonds. The van der Waals surface area contributed by atoms with Gasteiger partial charge in [-0.2, -0.15) is 9.50 Å². The number of aromatic nitrogens is 3. The zero-order valence-electron chi connectivity index (χ0n) is 14.3. The molecule has 2 aromatic carbocycles. The molecule has 4 rings (SSSR count). The largest absolute Gasteiger partial charge is 0.291 e. The number of hydrogen-bond donors (Lipinski definition) is 0. The Bertz CT molecular complexity index is 1170. The van der Waals surface area contributed by atoms with Crippen molar-refractivity contribution in [3.8, 4) is 11.4 Å². The van der Waals surface area contributed by atoms with Gasteiger partial charge in [0.15, 0.2) is 5.82 Å². The fourth-order valence-corrected chi connectivity index (χ4v) is 3.86. The molecule has 4 aromatic rings. The van der Waals surface area contributed by atoms with E-state index in [2.05, 4.69) is 52.0 Å². The minimum atomic E-state index is -0.131. The highest BCUT2D eigenvalue weighted by Crippen LogP contribution is 2.19. The molecule has 0 aliphatic heterocycles. The summed E-state index contributed by atoms with van der Waals surface area (Å²) in [6.45, 7) is 4.33. The first-order valence-electron chi connectivity index (χ1n) is 8.28. The van der Waals surface area contributed by atoms with Crippen LogP contribution in [-0.4, -0.2) is 14.6 Å². The van der Waals surface area contributed by atoms with Crippen LogP contribution >= 0.6 is 27.3 Å². The molecule has 2 heterocycles. The third-order valence-corrected chi connectivity index (χ3v) is 5.67. The summed E-state index contributed by atoms with van der Waals surface area (Å²) in [6, 6.07) is 16.0. The second-order valence-corrected chi connectivity index (χ2v) is 8.30. The molecule has 4 nitrogen and oxygen atoms in total. The van der Waals surface area contributed by atoms with Crippen molar-refractivity contribution in [2.24, 2.45) is 0 Å². The van der Waals surface area contributed by atoms with E-state index in [9.17, 15) is 4.79 Å². The number of thiazole rings is 1. The topological polar surface area (TPSA) is 47.3 Å². The average molecular weight is 426 g/mol. The van der Waals surface area contributed by atoms with Crippen molar-refractivity contribution in [2.45, 2.75) is 19.8 Å². The van der Waals surface area contributed by atoms with Gasteiger partial charge in [-0.05, 0) is 35.3 Å². The minimum Gasteiger partial charge on any atom is -0.266 e. The molecular formula is C20H16BrN3OS. The lowest BCUT2D eigenvalue weighted by molar-refractivity contribution is 0.866. The first-order valence-corrected chi connectivity index (χ1v) is 9.89. The van der Waals surface area contributed by atoms with Gasteiger partial charge in [0.1, 0.15) is 0 Å². The average Bonchev–Trinajstić information content (AvgIpc) is 3.16. The van der Waals surface area contributed by atoms with Gasteiger partial charge >= 0.3 is 0 Å². The molecule has 26 heavy (non-hydrogen) atoms. The van der Waals surface area contributed by atoms with E-state index in [-0.39, 0.29) is 5.56 Å². The summed E-state index contributed by atoms with van der Waals surface area (Å²) in [5, 5.41) is 4.38. The van der Waals surface area contributed by atoms with Crippen LogP contribution in [0.4, 0.5) is 0 Å². The van der Waals surface area contributed by atoms with Gasteiger partial charge in [-0.25, -0.2) is 0 Å². The number of halogens is 1. The number of benzene rings is 2. The predicted octanol–water partition coefficient (Wildman–Crippen LogP) is 4.25. The highest BCUT2D eigenvalue weighted by Gasteiger charge is 2.12. The van der Waals surface area contributed by atoms with Crippen LogP contribution in [0.25, 0.3) is 22.4 Å². The Morgan fingerprint density at radius 2 is 1.77 bits per heavy atom. The lowest BCUT2D eigenvalue weighted by atomic mass is 10.0. The van der Waals surface area contributed by atoms with E-state index in [0.717, 1.165) is 15.6 Å².